The second kappa shape index (κ2) is 24.6. The summed E-state index contributed by atoms with van der Waals surface area (Å²) in [5.41, 5.74) is 0. The minimum Gasteiger partial charge on any atom is -0.463 e. The summed E-state index contributed by atoms with van der Waals surface area (Å²) in [7, 11) is -4.37. The average molecular weight is 546 g/mol. The van der Waals surface area contributed by atoms with Gasteiger partial charge in [0.05, 0.1) is 13.2 Å². The van der Waals surface area contributed by atoms with Crippen LogP contribution < -0.4 is 5.32 Å². The number of amides is 1. The van der Waals surface area contributed by atoms with Gasteiger partial charge in [-0.05, 0) is 38.5 Å². The number of hydrogen-bond donors (Lipinski definition) is 3. The van der Waals surface area contributed by atoms with Crippen molar-refractivity contribution in [1.29, 1.82) is 0 Å². The van der Waals surface area contributed by atoms with Gasteiger partial charge in [-0.1, -0.05) is 75.5 Å². The van der Waals surface area contributed by atoms with E-state index in [0.717, 1.165) is 44.9 Å². The third kappa shape index (κ3) is 27.1. The third-order valence-electron chi connectivity index (χ3n) is 5.14. The normalized spacial score (nSPS) is 14.4. The van der Waals surface area contributed by atoms with E-state index in [4.69, 9.17) is 4.52 Å². The predicted molar refractivity (Wildman–Crippen MR) is 146 cm³/mol. The van der Waals surface area contributed by atoms with Gasteiger partial charge in [-0.25, -0.2) is 4.57 Å². The molecule has 0 spiro atoms. The van der Waals surface area contributed by atoms with Crippen LogP contribution in [0.2, 0.25) is 0 Å². The van der Waals surface area contributed by atoms with Crippen LogP contribution in [0.3, 0.4) is 0 Å². The van der Waals surface area contributed by atoms with Gasteiger partial charge in [0.15, 0.2) is 0 Å². The molecule has 2 unspecified atom stereocenters. The van der Waals surface area contributed by atoms with Crippen molar-refractivity contribution in [1.82, 2.24) is 5.32 Å². The number of carbonyl (C=O) groups is 2. The Morgan fingerprint density at radius 2 is 1.46 bits per heavy atom. The van der Waals surface area contributed by atoms with E-state index in [9.17, 15) is 24.2 Å². The Morgan fingerprint density at radius 3 is 2.11 bits per heavy atom. The highest BCUT2D eigenvalue weighted by Gasteiger charge is 2.23. The maximum atomic E-state index is 11.9. The monoisotopic (exact) mass is 545 g/mol. The van der Waals surface area contributed by atoms with Crippen molar-refractivity contribution >= 4 is 19.7 Å². The largest absolute Gasteiger partial charge is 0.472 e. The second-order valence-electron chi connectivity index (χ2n) is 8.71. The molecule has 0 radical (unpaired) electrons. The maximum Gasteiger partial charge on any atom is 0.472 e. The quantitative estimate of drug-likeness (QED) is 0.0624. The standard InChI is InChI=1S/C27H48NO8P/c1-3-4-5-6-7-8-9-10-11-12-13-14-15-16-17-18-19-20-27(31)28-21-22-35-37(32,33)36-24-26(30)23-34-25(2)29/h4-5,7-8,10-11,26,30H,3,6,9,12-24H2,1-2H3,(H,28,31)(H,32,33)/b5-4-,8-7-,11-10-. The molecule has 0 heterocycles. The fraction of sp³-hybridized carbons (Fsp3) is 0.704. The molecule has 0 fully saturated rings. The Bertz CT molecular complexity index is 723. The van der Waals surface area contributed by atoms with Crippen LogP contribution in [0.25, 0.3) is 0 Å². The summed E-state index contributed by atoms with van der Waals surface area (Å²) >= 11 is 0. The number of allylic oxidation sites excluding steroid dienone is 6. The number of phosphoric acid groups is 1. The zero-order chi connectivity index (χ0) is 27.6. The Hall–Kier alpha value is -1.77. The van der Waals surface area contributed by atoms with Gasteiger partial charge in [-0.2, -0.15) is 0 Å². The van der Waals surface area contributed by atoms with Gasteiger partial charge >= 0.3 is 13.8 Å². The van der Waals surface area contributed by atoms with E-state index in [-0.39, 0.29) is 25.7 Å². The molecule has 0 bridgehead atoms. The first-order chi connectivity index (χ1) is 17.8. The summed E-state index contributed by atoms with van der Waals surface area (Å²) in [5.74, 6) is -0.712. The average Bonchev–Trinajstić information content (AvgIpc) is 2.86. The number of ether oxygens (including phenoxy) is 1. The molecule has 0 aliphatic carbocycles. The summed E-state index contributed by atoms with van der Waals surface area (Å²) in [6.07, 6.45) is 24.4. The summed E-state index contributed by atoms with van der Waals surface area (Å²) in [6.45, 7) is 2.31. The number of carbonyl (C=O) groups excluding carboxylic acids is 2. The second-order valence-corrected chi connectivity index (χ2v) is 10.2. The maximum absolute atomic E-state index is 11.9. The van der Waals surface area contributed by atoms with Gasteiger partial charge in [-0.3, -0.25) is 18.6 Å². The highest BCUT2D eigenvalue weighted by Crippen LogP contribution is 2.42. The summed E-state index contributed by atoms with van der Waals surface area (Å²) in [6, 6.07) is 0. The van der Waals surface area contributed by atoms with E-state index in [2.05, 4.69) is 58.0 Å². The lowest BCUT2D eigenvalue weighted by atomic mass is 10.1. The van der Waals surface area contributed by atoms with Crippen LogP contribution in [0, 0.1) is 0 Å². The molecular formula is C27H48NO8P. The van der Waals surface area contributed by atoms with E-state index >= 15 is 0 Å². The van der Waals surface area contributed by atoms with E-state index in [1.165, 1.54) is 32.6 Å². The number of phosphoric ester groups is 1. The zero-order valence-electron chi connectivity index (χ0n) is 22.6. The van der Waals surface area contributed by atoms with Crippen LogP contribution in [0.15, 0.2) is 36.5 Å². The number of aliphatic hydroxyl groups excluding tert-OH is 1. The Morgan fingerprint density at radius 1 is 0.865 bits per heavy atom. The first-order valence-corrected chi connectivity index (χ1v) is 14.9. The minimum atomic E-state index is -4.37. The van der Waals surface area contributed by atoms with Crippen molar-refractivity contribution < 1.29 is 37.9 Å². The number of esters is 1. The van der Waals surface area contributed by atoms with Gasteiger partial charge in [0.25, 0.3) is 0 Å². The molecule has 1 amide bonds. The SMILES string of the molecule is CC/C=C\C/C=C\C/C=C\CCCCCCCCCC(=O)NCCOP(=O)(O)OCC(O)COC(C)=O. The van der Waals surface area contributed by atoms with Gasteiger partial charge in [0, 0.05) is 19.9 Å². The molecule has 0 rings (SSSR count). The zero-order valence-corrected chi connectivity index (χ0v) is 23.5. The first-order valence-electron chi connectivity index (χ1n) is 13.4. The molecule has 10 heteroatoms. The van der Waals surface area contributed by atoms with Gasteiger partial charge in [0.1, 0.15) is 12.7 Å². The molecule has 9 nitrogen and oxygen atoms in total. The smallest absolute Gasteiger partial charge is 0.463 e. The lowest BCUT2D eigenvalue weighted by Crippen LogP contribution is -2.27. The van der Waals surface area contributed by atoms with Crippen LogP contribution >= 0.6 is 7.82 Å². The number of hydrogen-bond acceptors (Lipinski definition) is 7. The highest BCUT2D eigenvalue weighted by atomic mass is 31.2. The van der Waals surface area contributed by atoms with E-state index in [0.29, 0.717) is 6.42 Å². The molecule has 37 heavy (non-hydrogen) atoms. The van der Waals surface area contributed by atoms with Crippen LogP contribution in [0.4, 0.5) is 0 Å². The Kier molecular flexibility index (Phi) is 23.4. The van der Waals surface area contributed by atoms with Crippen LogP contribution in [-0.4, -0.2) is 54.3 Å². The molecule has 0 aromatic heterocycles. The van der Waals surface area contributed by atoms with E-state index < -0.39 is 26.5 Å². The molecule has 0 aromatic rings. The van der Waals surface area contributed by atoms with E-state index in [1.54, 1.807) is 0 Å². The molecule has 0 aliphatic rings. The van der Waals surface area contributed by atoms with Crippen molar-refractivity contribution in [2.24, 2.45) is 0 Å². The molecule has 2 atom stereocenters. The molecule has 214 valence electrons. The number of unbranched alkanes of at least 4 members (excludes halogenated alkanes) is 7. The topological polar surface area (TPSA) is 131 Å². The lowest BCUT2D eigenvalue weighted by Gasteiger charge is -2.15. The van der Waals surface area contributed by atoms with Crippen LogP contribution in [0.5, 0.6) is 0 Å². The van der Waals surface area contributed by atoms with Crippen molar-refractivity contribution in [3.63, 3.8) is 0 Å². The highest BCUT2D eigenvalue weighted by molar-refractivity contribution is 7.47. The first kappa shape index (κ1) is 35.2. The van der Waals surface area contributed by atoms with Crippen LogP contribution in [0.1, 0.15) is 90.9 Å². The summed E-state index contributed by atoms with van der Waals surface area (Å²) in [5, 5.41) is 12.1. The van der Waals surface area contributed by atoms with Crippen molar-refractivity contribution in [3.8, 4) is 0 Å². The van der Waals surface area contributed by atoms with Gasteiger partial charge in [-0.15, -0.1) is 0 Å². The van der Waals surface area contributed by atoms with Crippen molar-refractivity contribution in [2.75, 3.05) is 26.4 Å². The molecule has 3 N–H and O–H groups in total. The molecule has 0 saturated heterocycles. The van der Waals surface area contributed by atoms with Gasteiger partial charge < -0.3 is 20.1 Å². The third-order valence-corrected chi connectivity index (χ3v) is 6.13. The predicted octanol–water partition coefficient (Wildman–Crippen LogP) is 5.53. The van der Waals surface area contributed by atoms with Crippen molar-refractivity contribution in [2.45, 2.75) is 97.0 Å². The number of nitrogens with one attached hydrogen (secondary N) is 1. The lowest BCUT2D eigenvalue weighted by molar-refractivity contribution is -0.144. The van der Waals surface area contributed by atoms with Crippen LogP contribution in [-0.2, 0) is 27.9 Å². The Labute approximate surface area is 223 Å². The molecular weight excluding hydrogens is 497 g/mol. The fourth-order valence-electron chi connectivity index (χ4n) is 3.18. The number of aliphatic hydroxyl groups is 1. The molecule has 0 aliphatic heterocycles. The molecule has 0 aromatic carbocycles. The summed E-state index contributed by atoms with van der Waals surface area (Å²) < 4.78 is 25.6. The summed E-state index contributed by atoms with van der Waals surface area (Å²) in [4.78, 5) is 32.0. The van der Waals surface area contributed by atoms with Gasteiger partial charge in [0.2, 0.25) is 5.91 Å². The van der Waals surface area contributed by atoms with E-state index in [1.807, 2.05) is 0 Å². The number of rotatable bonds is 24. The Balaban J connectivity index is 3.55. The fourth-order valence-corrected chi connectivity index (χ4v) is 3.93. The minimum absolute atomic E-state index is 0.0732. The molecule has 0 saturated carbocycles. The van der Waals surface area contributed by atoms with Crippen molar-refractivity contribution in [3.05, 3.63) is 36.5 Å².